The van der Waals surface area contributed by atoms with Crippen LogP contribution in [0.1, 0.15) is 18.1 Å². The lowest BCUT2D eigenvalue weighted by Crippen LogP contribution is -2.20. The third-order valence-corrected chi connectivity index (χ3v) is 4.11. The van der Waals surface area contributed by atoms with Gasteiger partial charge in [-0.05, 0) is 24.6 Å². The number of hydrogen-bond donors (Lipinski definition) is 1. The van der Waals surface area contributed by atoms with Gasteiger partial charge < -0.3 is 0 Å². The molecule has 2 aromatic carbocycles. The van der Waals surface area contributed by atoms with Crippen molar-refractivity contribution >= 4 is 29.5 Å². The van der Waals surface area contributed by atoms with Gasteiger partial charge in [-0.15, -0.1) is 11.8 Å². The zero-order valence-electron chi connectivity index (χ0n) is 13.4. The SMILES string of the molecule is CC(/C=C/c1ccccc1F)=NNC(=O)CSCc1ccccc1. The number of benzene rings is 2. The van der Waals surface area contributed by atoms with E-state index in [-0.39, 0.29) is 11.7 Å². The van der Waals surface area contributed by atoms with E-state index in [0.29, 0.717) is 17.0 Å². The molecule has 0 saturated heterocycles. The molecule has 0 atom stereocenters. The van der Waals surface area contributed by atoms with E-state index in [4.69, 9.17) is 0 Å². The monoisotopic (exact) mass is 342 g/mol. The minimum Gasteiger partial charge on any atom is -0.272 e. The molecule has 0 unspecified atom stereocenters. The molecular formula is C19H19FN2OS. The Kier molecular flexibility index (Phi) is 7.23. The predicted octanol–water partition coefficient (Wildman–Crippen LogP) is 4.26. The van der Waals surface area contributed by atoms with Gasteiger partial charge >= 0.3 is 0 Å². The van der Waals surface area contributed by atoms with Crippen LogP contribution in [0.4, 0.5) is 4.39 Å². The van der Waals surface area contributed by atoms with Gasteiger partial charge in [0.1, 0.15) is 5.82 Å². The van der Waals surface area contributed by atoms with Crippen LogP contribution >= 0.6 is 11.8 Å². The summed E-state index contributed by atoms with van der Waals surface area (Å²) >= 11 is 1.53. The molecule has 2 rings (SSSR count). The summed E-state index contributed by atoms with van der Waals surface area (Å²) in [4.78, 5) is 11.7. The summed E-state index contributed by atoms with van der Waals surface area (Å²) in [6, 6.07) is 16.5. The summed E-state index contributed by atoms with van der Waals surface area (Å²) in [7, 11) is 0. The molecule has 2 aromatic rings. The molecule has 1 amide bonds. The molecule has 0 saturated carbocycles. The van der Waals surface area contributed by atoms with E-state index < -0.39 is 0 Å². The molecule has 1 N–H and O–H groups in total. The van der Waals surface area contributed by atoms with Gasteiger partial charge in [0, 0.05) is 11.3 Å². The highest BCUT2D eigenvalue weighted by atomic mass is 32.2. The number of rotatable bonds is 7. The first kappa shape index (κ1) is 17.9. The summed E-state index contributed by atoms with van der Waals surface area (Å²) in [6.45, 7) is 1.74. The maximum Gasteiger partial charge on any atom is 0.250 e. The van der Waals surface area contributed by atoms with Crippen LogP contribution in [-0.4, -0.2) is 17.4 Å². The van der Waals surface area contributed by atoms with E-state index in [1.807, 2.05) is 30.3 Å². The summed E-state index contributed by atoms with van der Waals surface area (Å²) in [6.07, 6.45) is 3.29. The summed E-state index contributed by atoms with van der Waals surface area (Å²) < 4.78 is 13.5. The highest BCUT2D eigenvalue weighted by molar-refractivity contribution is 7.99. The Hall–Kier alpha value is -2.40. The number of hydrazone groups is 1. The Morgan fingerprint density at radius 1 is 1.17 bits per heavy atom. The lowest BCUT2D eigenvalue weighted by molar-refractivity contribution is -0.118. The van der Waals surface area contributed by atoms with Gasteiger partial charge in [-0.3, -0.25) is 4.79 Å². The Balaban J connectivity index is 1.75. The smallest absolute Gasteiger partial charge is 0.250 e. The number of hydrogen-bond acceptors (Lipinski definition) is 3. The highest BCUT2D eigenvalue weighted by Crippen LogP contribution is 2.11. The number of carbonyl (C=O) groups is 1. The lowest BCUT2D eigenvalue weighted by atomic mass is 10.2. The van der Waals surface area contributed by atoms with E-state index in [2.05, 4.69) is 10.5 Å². The molecule has 0 bridgehead atoms. The second-order valence-corrected chi connectivity index (χ2v) is 6.11. The normalized spacial score (nSPS) is 11.7. The minimum absolute atomic E-state index is 0.158. The van der Waals surface area contributed by atoms with Gasteiger partial charge in [0.2, 0.25) is 5.91 Å². The molecule has 124 valence electrons. The molecular weight excluding hydrogens is 323 g/mol. The van der Waals surface area contributed by atoms with Crippen molar-refractivity contribution in [3.8, 4) is 0 Å². The van der Waals surface area contributed by atoms with Crippen molar-refractivity contribution in [2.45, 2.75) is 12.7 Å². The lowest BCUT2D eigenvalue weighted by Gasteiger charge is -2.02. The van der Waals surface area contributed by atoms with E-state index >= 15 is 0 Å². The predicted molar refractivity (Wildman–Crippen MR) is 99.3 cm³/mol. The number of carbonyl (C=O) groups excluding carboxylic acids is 1. The number of nitrogens with zero attached hydrogens (tertiary/aromatic N) is 1. The average Bonchev–Trinajstić information content (AvgIpc) is 2.60. The first-order chi connectivity index (χ1) is 11.6. The van der Waals surface area contributed by atoms with Gasteiger partial charge in [0.05, 0.1) is 11.5 Å². The zero-order valence-corrected chi connectivity index (χ0v) is 14.2. The Morgan fingerprint density at radius 2 is 1.88 bits per heavy atom. The number of allylic oxidation sites excluding steroid dienone is 1. The standard InChI is InChI=1S/C19H19FN2OS/c1-15(11-12-17-9-5-6-10-18(17)20)21-22-19(23)14-24-13-16-7-3-2-4-8-16/h2-12H,13-14H2,1H3,(H,22,23)/b12-11+,21-15?. The number of nitrogens with one attached hydrogen (secondary N) is 1. The quantitative estimate of drug-likeness (QED) is 0.603. The van der Waals surface area contributed by atoms with E-state index in [1.165, 1.54) is 23.4 Å². The third-order valence-electron chi connectivity index (χ3n) is 3.11. The first-order valence-corrected chi connectivity index (χ1v) is 8.68. The molecule has 24 heavy (non-hydrogen) atoms. The van der Waals surface area contributed by atoms with Crippen molar-refractivity contribution in [2.24, 2.45) is 5.10 Å². The highest BCUT2D eigenvalue weighted by Gasteiger charge is 2.01. The average molecular weight is 342 g/mol. The fourth-order valence-corrected chi connectivity index (χ4v) is 2.66. The maximum atomic E-state index is 13.5. The van der Waals surface area contributed by atoms with Crippen molar-refractivity contribution in [3.05, 3.63) is 77.6 Å². The fraction of sp³-hybridized carbons (Fsp3) is 0.158. The van der Waals surface area contributed by atoms with Gasteiger partial charge in [-0.25, -0.2) is 9.82 Å². The molecule has 0 aromatic heterocycles. The topological polar surface area (TPSA) is 41.5 Å². The largest absolute Gasteiger partial charge is 0.272 e. The van der Waals surface area contributed by atoms with Gasteiger partial charge in [-0.2, -0.15) is 5.10 Å². The van der Waals surface area contributed by atoms with Crippen molar-refractivity contribution in [2.75, 3.05) is 5.75 Å². The van der Waals surface area contributed by atoms with E-state index in [0.717, 1.165) is 5.75 Å². The van der Waals surface area contributed by atoms with E-state index in [1.54, 1.807) is 37.3 Å². The van der Waals surface area contributed by atoms with Crippen LogP contribution in [0.3, 0.4) is 0 Å². The summed E-state index contributed by atoms with van der Waals surface area (Å²) in [5.41, 5.74) is 4.77. The second kappa shape index (κ2) is 9.67. The Labute approximate surface area is 145 Å². The molecule has 5 heteroatoms. The van der Waals surface area contributed by atoms with Crippen LogP contribution in [0.15, 0.2) is 65.8 Å². The van der Waals surface area contributed by atoms with Gasteiger partial charge in [0.15, 0.2) is 0 Å². The van der Waals surface area contributed by atoms with Crippen LogP contribution < -0.4 is 5.43 Å². The number of halogens is 1. The second-order valence-electron chi connectivity index (χ2n) is 5.12. The summed E-state index contributed by atoms with van der Waals surface area (Å²) in [5, 5.41) is 3.99. The van der Waals surface area contributed by atoms with Crippen molar-refractivity contribution in [3.63, 3.8) is 0 Å². The van der Waals surface area contributed by atoms with Crippen LogP contribution in [0, 0.1) is 5.82 Å². The van der Waals surface area contributed by atoms with Crippen molar-refractivity contribution < 1.29 is 9.18 Å². The molecule has 0 fully saturated rings. The van der Waals surface area contributed by atoms with Crippen molar-refractivity contribution in [1.29, 1.82) is 0 Å². The third kappa shape index (κ3) is 6.38. The molecule has 0 heterocycles. The molecule has 3 nitrogen and oxygen atoms in total. The van der Waals surface area contributed by atoms with Gasteiger partial charge in [-0.1, -0.05) is 54.6 Å². The zero-order chi connectivity index (χ0) is 17.2. The Bertz CT molecular complexity index is 729. The molecule has 0 aliphatic rings. The summed E-state index contributed by atoms with van der Waals surface area (Å²) in [5.74, 6) is 0.671. The Morgan fingerprint density at radius 3 is 2.62 bits per heavy atom. The van der Waals surface area contributed by atoms with E-state index in [9.17, 15) is 9.18 Å². The fourth-order valence-electron chi connectivity index (χ4n) is 1.88. The van der Waals surface area contributed by atoms with Crippen LogP contribution in [0.25, 0.3) is 6.08 Å². The maximum absolute atomic E-state index is 13.5. The number of thioether (sulfide) groups is 1. The van der Waals surface area contributed by atoms with Crippen LogP contribution in [0.5, 0.6) is 0 Å². The molecule has 0 aliphatic carbocycles. The van der Waals surface area contributed by atoms with Crippen LogP contribution in [-0.2, 0) is 10.5 Å². The number of amides is 1. The minimum atomic E-state index is -0.289. The van der Waals surface area contributed by atoms with Gasteiger partial charge in [0.25, 0.3) is 0 Å². The molecule has 0 aliphatic heterocycles. The van der Waals surface area contributed by atoms with Crippen LogP contribution in [0.2, 0.25) is 0 Å². The first-order valence-electron chi connectivity index (χ1n) is 7.52. The van der Waals surface area contributed by atoms with Crippen molar-refractivity contribution in [1.82, 2.24) is 5.43 Å². The molecule has 0 radical (unpaired) electrons. The molecule has 0 spiro atoms.